The Kier molecular flexibility index (Phi) is 4.78. The van der Waals surface area contributed by atoms with Gasteiger partial charge in [-0.15, -0.1) is 0 Å². The van der Waals surface area contributed by atoms with E-state index in [4.69, 9.17) is 4.42 Å². The second-order valence-electron chi connectivity index (χ2n) is 5.32. The molecule has 1 aromatic heterocycles. The largest absolute Gasteiger partial charge is 0.451 e. The molecule has 116 valence electrons. The molecule has 1 amide bonds. The van der Waals surface area contributed by atoms with Crippen molar-refractivity contribution in [3.63, 3.8) is 0 Å². The van der Waals surface area contributed by atoms with E-state index in [-0.39, 0.29) is 11.9 Å². The van der Waals surface area contributed by atoms with Gasteiger partial charge in [0, 0.05) is 28.5 Å². The highest BCUT2D eigenvalue weighted by molar-refractivity contribution is 8.38. The topological polar surface area (TPSA) is 54.6 Å². The van der Waals surface area contributed by atoms with Crippen molar-refractivity contribution >= 4 is 44.8 Å². The minimum Gasteiger partial charge on any atom is -0.451 e. The highest BCUT2D eigenvalue weighted by Gasteiger charge is 2.21. The van der Waals surface area contributed by atoms with Gasteiger partial charge in [0.25, 0.3) is 5.91 Å². The number of hydrogen-bond acceptors (Lipinski definition) is 5. The molecular weight excluding hydrogens is 316 g/mol. The highest BCUT2D eigenvalue weighted by Crippen LogP contribution is 2.32. The van der Waals surface area contributed by atoms with Crippen LogP contribution in [0.3, 0.4) is 0 Å². The number of aliphatic imine (C=N–C) groups is 1. The molecule has 2 aromatic rings. The average molecular weight is 334 g/mol. The Balaban J connectivity index is 1.91. The summed E-state index contributed by atoms with van der Waals surface area (Å²) in [5.74, 6) is 2.02. The maximum absolute atomic E-state index is 12.4. The van der Waals surface area contributed by atoms with Crippen molar-refractivity contribution in [3.05, 3.63) is 35.6 Å². The summed E-state index contributed by atoms with van der Waals surface area (Å²) in [6, 6.07) is 7.87. The van der Waals surface area contributed by atoms with Gasteiger partial charge in [0.1, 0.15) is 9.96 Å². The zero-order valence-corrected chi connectivity index (χ0v) is 14.2. The Hall–Kier alpha value is -1.40. The van der Waals surface area contributed by atoms with Gasteiger partial charge in [0.15, 0.2) is 5.76 Å². The summed E-state index contributed by atoms with van der Waals surface area (Å²) in [4.78, 5) is 16.8. The number of para-hydroxylation sites is 1. The van der Waals surface area contributed by atoms with Crippen LogP contribution in [0.1, 0.15) is 30.0 Å². The molecule has 1 aliphatic rings. The van der Waals surface area contributed by atoms with Crippen molar-refractivity contribution in [1.82, 2.24) is 5.32 Å². The van der Waals surface area contributed by atoms with Crippen molar-refractivity contribution in [1.29, 1.82) is 0 Å². The van der Waals surface area contributed by atoms with Gasteiger partial charge in [0.05, 0.1) is 6.54 Å². The molecule has 0 fully saturated rings. The van der Waals surface area contributed by atoms with Gasteiger partial charge >= 0.3 is 0 Å². The van der Waals surface area contributed by atoms with E-state index < -0.39 is 0 Å². The van der Waals surface area contributed by atoms with Crippen LogP contribution in [0, 0.1) is 0 Å². The number of hydrogen-bond donors (Lipinski definition) is 1. The monoisotopic (exact) mass is 334 g/mol. The number of thioether (sulfide) groups is 2. The smallest absolute Gasteiger partial charge is 0.287 e. The van der Waals surface area contributed by atoms with Crippen molar-refractivity contribution < 1.29 is 9.21 Å². The summed E-state index contributed by atoms with van der Waals surface area (Å²) in [5, 5.41) is 3.92. The first kappa shape index (κ1) is 15.5. The molecule has 3 rings (SSSR count). The van der Waals surface area contributed by atoms with E-state index in [1.165, 1.54) is 0 Å². The van der Waals surface area contributed by atoms with Gasteiger partial charge in [-0.25, -0.2) is 0 Å². The average Bonchev–Trinajstić information content (AvgIpc) is 3.11. The predicted molar refractivity (Wildman–Crippen MR) is 94.9 cm³/mol. The lowest BCUT2D eigenvalue weighted by atomic mass is 10.1. The van der Waals surface area contributed by atoms with Crippen LogP contribution in [-0.2, 0) is 5.75 Å². The van der Waals surface area contributed by atoms with Crippen molar-refractivity contribution in [2.75, 3.05) is 12.3 Å². The van der Waals surface area contributed by atoms with Gasteiger partial charge in [-0.1, -0.05) is 41.7 Å². The number of rotatable bonds is 4. The molecule has 1 aliphatic heterocycles. The number of amides is 1. The number of nitrogens with one attached hydrogen (secondary N) is 1. The highest BCUT2D eigenvalue weighted by atomic mass is 32.2. The van der Waals surface area contributed by atoms with Crippen LogP contribution in [-0.4, -0.2) is 28.6 Å². The summed E-state index contributed by atoms with van der Waals surface area (Å²) < 4.78 is 6.90. The van der Waals surface area contributed by atoms with Crippen LogP contribution in [0.5, 0.6) is 0 Å². The lowest BCUT2D eigenvalue weighted by molar-refractivity contribution is 0.0916. The van der Waals surface area contributed by atoms with Crippen LogP contribution in [0.2, 0.25) is 0 Å². The Labute approximate surface area is 138 Å². The molecule has 0 bridgehead atoms. The third kappa shape index (κ3) is 3.33. The normalized spacial score (nSPS) is 14.6. The molecule has 4 nitrogen and oxygen atoms in total. The fourth-order valence-corrected chi connectivity index (χ4v) is 4.33. The van der Waals surface area contributed by atoms with Gasteiger partial charge in [0.2, 0.25) is 0 Å². The SMILES string of the molecule is CC(C)NC(=O)c1oc2ccccc2c1CSC1=NCCS1. The standard InChI is InChI=1S/C16H18N2O2S2/c1-10(2)18-15(19)14-12(9-22-16-17-7-8-21-16)11-5-3-4-6-13(11)20-14/h3-6,10H,7-9H2,1-2H3,(H,18,19). The first-order valence-corrected chi connectivity index (χ1v) is 9.23. The number of fused-ring (bicyclic) bond motifs is 1. The molecule has 0 radical (unpaired) electrons. The van der Waals surface area contributed by atoms with Crippen LogP contribution >= 0.6 is 23.5 Å². The number of carbonyl (C=O) groups is 1. The minimum atomic E-state index is -0.150. The second-order valence-corrected chi connectivity index (χ2v) is 7.62. The van der Waals surface area contributed by atoms with E-state index in [0.29, 0.717) is 11.5 Å². The number of benzene rings is 1. The first-order chi connectivity index (χ1) is 10.6. The summed E-state index contributed by atoms with van der Waals surface area (Å²) in [6.45, 7) is 4.78. The molecule has 0 atom stereocenters. The van der Waals surface area contributed by atoms with Crippen LogP contribution in [0.4, 0.5) is 0 Å². The lowest BCUT2D eigenvalue weighted by Gasteiger charge is -2.08. The minimum absolute atomic E-state index is 0.0796. The molecule has 0 saturated carbocycles. The van der Waals surface area contributed by atoms with Crippen LogP contribution in [0.15, 0.2) is 33.7 Å². The van der Waals surface area contributed by atoms with E-state index in [0.717, 1.165) is 33.2 Å². The molecular formula is C16H18N2O2S2. The zero-order chi connectivity index (χ0) is 15.5. The number of nitrogens with zero attached hydrogens (tertiary/aromatic N) is 1. The second kappa shape index (κ2) is 6.79. The molecule has 6 heteroatoms. The number of furan rings is 1. The third-order valence-electron chi connectivity index (χ3n) is 3.22. The first-order valence-electron chi connectivity index (χ1n) is 7.26. The molecule has 0 saturated heterocycles. The summed E-state index contributed by atoms with van der Waals surface area (Å²) in [5.41, 5.74) is 1.71. The van der Waals surface area contributed by atoms with E-state index in [1.807, 2.05) is 38.1 Å². The molecule has 0 spiro atoms. The predicted octanol–water partition coefficient (Wildman–Crippen LogP) is 3.91. The third-order valence-corrected chi connectivity index (χ3v) is 5.50. The fourth-order valence-electron chi connectivity index (χ4n) is 2.29. The van der Waals surface area contributed by atoms with E-state index in [2.05, 4.69) is 10.3 Å². The number of carbonyl (C=O) groups excluding carboxylic acids is 1. The summed E-state index contributed by atoms with van der Waals surface area (Å²) in [7, 11) is 0. The van der Waals surface area contributed by atoms with E-state index in [9.17, 15) is 4.79 Å². The Morgan fingerprint density at radius 2 is 2.27 bits per heavy atom. The maximum Gasteiger partial charge on any atom is 0.287 e. The van der Waals surface area contributed by atoms with Gasteiger partial charge in [-0.2, -0.15) is 0 Å². The summed E-state index contributed by atoms with van der Waals surface area (Å²) in [6.07, 6.45) is 0. The van der Waals surface area contributed by atoms with Gasteiger partial charge < -0.3 is 9.73 Å². The molecule has 2 heterocycles. The lowest BCUT2D eigenvalue weighted by Crippen LogP contribution is -2.30. The maximum atomic E-state index is 12.4. The van der Waals surface area contributed by atoms with Crippen molar-refractivity contribution in [2.24, 2.45) is 4.99 Å². The zero-order valence-electron chi connectivity index (χ0n) is 12.6. The Bertz CT molecular complexity index is 722. The van der Waals surface area contributed by atoms with Crippen molar-refractivity contribution in [2.45, 2.75) is 25.6 Å². The quantitative estimate of drug-likeness (QED) is 0.921. The van der Waals surface area contributed by atoms with Crippen LogP contribution in [0.25, 0.3) is 11.0 Å². The molecule has 22 heavy (non-hydrogen) atoms. The molecule has 1 aromatic carbocycles. The van der Waals surface area contributed by atoms with Gasteiger partial charge in [-0.05, 0) is 19.9 Å². The van der Waals surface area contributed by atoms with E-state index in [1.54, 1.807) is 23.5 Å². The van der Waals surface area contributed by atoms with Gasteiger partial charge in [-0.3, -0.25) is 9.79 Å². The van der Waals surface area contributed by atoms with Crippen molar-refractivity contribution in [3.8, 4) is 0 Å². The van der Waals surface area contributed by atoms with Crippen LogP contribution < -0.4 is 5.32 Å². The molecule has 0 unspecified atom stereocenters. The Morgan fingerprint density at radius 1 is 1.45 bits per heavy atom. The van der Waals surface area contributed by atoms with E-state index >= 15 is 0 Å². The Morgan fingerprint density at radius 3 is 3.00 bits per heavy atom. The summed E-state index contributed by atoms with van der Waals surface area (Å²) >= 11 is 3.46. The molecule has 1 N–H and O–H groups in total. The fraction of sp³-hybridized carbons (Fsp3) is 0.375. The molecule has 0 aliphatic carbocycles.